The topological polar surface area (TPSA) is 99.7 Å². The SMILES string of the molecule is NC(=O)c1[nH]cnc1/N=N/N1CCCC1. The van der Waals surface area contributed by atoms with E-state index < -0.39 is 5.91 Å². The van der Waals surface area contributed by atoms with E-state index in [4.69, 9.17) is 5.73 Å². The minimum atomic E-state index is -0.581. The van der Waals surface area contributed by atoms with Crippen molar-refractivity contribution in [1.29, 1.82) is 0 Å². The van der Waals surface area contributed by atoms with E-state index in [2.05, 4.69) is 20.3 Å². The first-order valence-electron chi connectivity index (χ1n) is 4.77. The average Bonchev–Trinajstić information content (AvgIpc) is 2.86. The van der Waals surface area contributed by atoms with Crippen LogP contribution in [0.5, 0.6) is 0 Å². The van der Waals surface area contributed by atoms with Crippen molar-refractivity contribution < 1.29 is 4.79 Å². The number of hydrogen-bond acceptors (Lipinski definition) is 4. The number of carbonyl (C=O) groups is 1. The maximum absolute atomic E-state index is 10.9. The molecular formula is C8H12N6O. The number of rotatable bonds is 3. The highest BCUT2D eigenvalue weighted by atomic mass is 16.1. The van der Waals surface area contributed by atoms with Gasteiger partial charge in [-0.25, -0.2) is 4.98 Å². The number of nitrogens with two attached hydrogens (primary N) is 1. The summed E-state index contributed by atoms with van der Waals surface area (Å²) in [6, 6.07) is 0. The minimum Gasteiger partial charge on any atom is -0.364 e. The molecular weight excluding hydrogens is 196 g/mol. The Balaban J connectivity index is 2.09. The van der Waals surface area contributed by atoms with Crippen LogP contribution in [0.1, 0.15) is 23.3 Å². The normalized spacial score (nSPS) is 16.4. The number of aromatic amines is 1. The van der Waals surface area contributed by atoms with Gasteiger partial charge in [0.15, 0.2) is 5.69 Å². The van der Waals surface area contributed by atoms with Crippen molar-refractivity contribution in [3.63, 3.8) is 0 Å². The van der Waals surface area contributed by atoms with E-state index in [1.54, 1.807) is 0 Å². The molecule has 7 nitrogen and oxygen atoms in total. The second-order valence-electron chi connectivity index (χ2n) is 3.32. The van der Waals surface area contributed by atoms with Crippen LogP contribution in [0.25, 0.3) is 0 Å². The fraction of sp³-hybridized carbons (Fsp3) is 0.500. The van der Waals surface area contributed by atoms with Crippen molar-refractivity contribution in [2.75, 3.05) is 13.1 Å². The molecule has 15 heavy (non-hydrogen) atoms. The second kappa shape index (κ2) is 4.07. The van der Waals surface area contributed by atoms with E-state index in [0.717, 1.165) is 25.9 Å². The summed E-state index contributed by atoms with van der Waals surface area (Å²) in [5.74, 6) is -0.336. The van der Waals surface area contributed by atoms with Gasteiger partial charge in [-0.15, -0.1) is 5.11 Å². The van der Waals surface area contributed by atoms with Gasteiger partial charge in [0, 0.05) is 13.1 Å². The first kappa shape index (κ1) is 9.63. The highest BCUT2D eigenvalue weighted by Crippen LogP contribution is 2.15. The lowest BCUT2D eigenvalue weighted by Crippen LogP contribution is -2.12. The number of nitrogens with one attached hydrogen (secondary N) is 1. The summed E-state index contributed by atoms with van der Waals surface area (Å²) < 4.78 is 0. The average molecular weight is 208 g/mol. The molecule has 2 rings (SSSR count). The van der Waals surface area contributed by atoms with Crippen LogP contribution in [0.4, 0.5) is 5.82 Å². The van der Waals surface area contributed by atoms with Gasteiger partial charge in [0.05, 0.1) is 6.33 Å². The molecule has 0 radical (unpaired) electrons. The number of imidazole rings is 1. The molecule has 1 aliphatic heterocycles. The van der Waals surface area contributed by atoms with Gasteiger partial charge in [-0.05, 0) is 12.8 Å². The van der Waals surface area contributed by atoms with Gasteiger partial charge in [-0.1, -0.05) is 5.22 Å². The standard InChI is InChI=1S/C8H12N6O/c9-7(15)6-8(11-5-10-6)12-13-14-3-1-2-4-14/h5H,1-4H2,(H2,9,15)(H,10,11)/b13-12+. The predicted octanol–water partition coefficient (Wildman–Crippen LogP) is 0.603. The van der Waals surface area contributed by atoms with Crippen LogP contribution < -0.4 is 5.73 Å². The largest absolute Gasteiger partial charge is 0.364 e. The molecule has 1 saturated heterocycles. The molecule has 1 fully saturated rings. The zero-order valence-corrected chi connectivity index (χ0v) is 8.18. The number of amides is 1. The van der Waals surface area contributed by atoms with E-state index in [-0.39, 0.29) is 11.5 Å². The Morgan fingerprint density at radius 2 is 2.27 bits per heavy atom. The number of aromatic nitrogens is 2. The molecule has 0 saturated carbocycles. The molecule has 0 aromatic carbocycles. The number of H-pyrrole nitrogens is 1. The van der Waals surface area contributed by atoms with Crippen LogP contribution in [-0.4, -0.2) is 34.0 Å². The molecule has 7 heteroatoms. The van der Waals surface area contributed by atoms with Gasteiger partial charge in [-0.2, -0.15) is 0 Å². The summed E-state index contributed by atoms with van der Waals surface area (Å²) in [5.41, 5.74) is 5.31. The van der Waals surface area contributed by atoms with E-state index in [1.165, 1.54) is 6.33 Å². The Morgan fingerprint density at radius 1 is 1.53 bits per heavy atom. The number of primary amides is 1. The predicted molar refractivity (Wildman–Crippen MR) is 52.4 cm³/mol. The van der Waals surface area contributed by atoms with Crippen LogP contribution in [0.15, 0.2) is 16.7 Å². The first-order valence-corrected chi connectivity index (χ1v) is 4.77. The van der Waals surface area contributed by atoms with Crippen molar-refractivity contribution in [3.8, 4) is 0 Å². The summed E-state index contributed by atoms with van der Waals surface area (Å²) in [5, 5.41) is 9.70. The fourth-order valence-corrected chi connectivity index (χ4v) is 1.44. The first-order chi connectivity index (χ1) is 7.27. The lowest BCUT2D eigenvalue weighted by atomic mass is 10.4. The van der Waals surface area contributed by atoms with Gasteiger partial charge in [-0.3, -0.25) is 9.80 Å². The Bertz CT molecular complexity index is 378. The monoisotopic (exact) mass is 208 g/mol. The van der Waals surface area contributed by atoms with Crippen molar-refractivity contribution in [1.82, 2.24) is 15.0 Å². The molecule has 1 aromatic heterocycles. The van der Waals surface area contributed by atoms with Crippen molar-refractivity contribution in [3.05, 3.63) is 12.0 Å². The molecule has 0 bridgehead atoms. The van der Waals surface area contributed by atoms with Gasteiger partial charge in [0.2, 0.25) is 5.82 Å². The lowest BCUT2D eigenvalue weighted by Gasteiger charge is -2.05. The molecule has 1 aromatic rings. The molecule has 80 valence electrons. The highest BCUT2D eigenvalue weighted by molar-refractivity contribution is 5.94. The Labute approximate surface area is 86.4 Å². The van der Waals surface area contributed by atoms with Crippen molar-refractivity contribution in [2.24, 2.45) is 16.1 Å². The quantitative estimate of drug-likeness (QED) is 0.711. The number of nitrogens with zero attached hydrogens (tertiary/aromatic N) is 4. The van der Waals surface area contributed by atoms with E-state index in [9.17, 15) is 4.79 Å². The molecule has 1 aliphatic rings. The summed E-state index contributed by atoms with van der Waals surface area (Å²) in [6.45, 7) is 1.81. The maximum Gasteiger partial charge on any atom is 0.269 e. The van der Waals surface area contributed by atoms with Gasteiger partial charge in [0.25, 0.3) is 5.91 Å². The smallest absolute Gasteiger partial charge is 0.269 e. The molecule has 0 atom stereocenters. The molecule has 0 unspecified atom stereocenters. The van der Waals surface area contributed by atoms with Crippen molar-refractivity contribution >= 4 is 11.7 Å². The molecule has 2 heterocycles. The molecule has 0 spiro atoms. The zero-order valence-electron chi connectivity index (χ0n) is 8.18. The summed E-state index contributed by atoms with van der Waals surface area (Å²) in [4.78, 5) is 17.4. The van der Waals surface area contributed by atoms with Crippen LogP contribution in [0, 0.1) is 0 Å². The molecule has 3 N–H and O–H groups in total. The maximum atomic E-state index is 10.9. The fourth-order valence-electron chi connectivity index (χ4n) is 1.44. The van der Waals surface area contributed by atoms with E-state index in [1.807, 2.05) is 5.01 Å². The van der Waals surface area contributed by atoms with Crippen LogP contribution in [0.2, 0.25) is 0 Å². The third kappa shape index (κ3) is 2.12. The minimum absolute atomic E-state index is 0.193. The molecule has 0 aliphatic carbocycles. The van der Waals surface area contributed by atoms with E-state index in [0.29, 0.717) is 0 Å². The third-order valence-corrected chi connectivity index (χ3v) is 2.21. The second-order valence-corrected chi connectivity index (χ2v) is 3.32. The van der Waals surface area contributed by atoms with Gasteiger partial charge < -0.3 is 10.7 Å². The third-order valence-electron chi connectivity index (χ3n) is 2.21. The summed E-state index contributed by atoms with van der Waals surface area (Å²) in [6.07, 6.45) is 3.63. The summed E-state index contributed by atoms with van der Waals surface area (Å²) in [7, 11) is 0. The Kier molecular flexibility index (Phi) is 2.61. The Hall–Kier alpha value is -1.92. The number of hydrogen-bond donors (Lipinski definition) is 2. The zero-order chi connectivity index (χ0) is 10.7. The van der Waals surface area contributed by atoms with Crippen LogP contribution in [0.3, 0.4) is 0 Å². The van der Waals surface area contributed by atoms with Gasteiger partial charge >= 0.3 is 0 Å². The van der Waals surface area contributed by atoms with Gasteiger partial charge in [0.1, 0.15) is 0 Å². The number of carbonyl (C=O) groups excluding carboxylic acids is 1. The summed E-state index contributed by atoms with van der Waals surface area (Å²) >= 11 is 0. The Morgan fingerprint density at radius 3 is 2.93 bits per heavy atom. The highest BCUT2D eigenvalue weighted by Gasteiger charge is 2.12. The van der Waals surface area contributed by atoms with Crippen LogP contribution in [-0.2, 0) is 0 Å². The lowest BCUT2D eigenvalue weighted by molar-refractivity contribution is 0.0996. The van der Waals surface area contributed by atoms with Crippen molar-refractivity contribution in [2.45, 2.75) is 12.8 Å². The molecule has 1 amide bonds. The van der Waals surface area contributed by atoms with Crippen LogP contribution >= 0.6 is 0 Å². The van der Waals surface area contributed by atoms with E-state index >= 15 is 0 Å².